The minimum Gasteiger partial charge on any atom is -0.417 e. The summed E-state index contributed by atoms with van der Waals surface area (Å²) in [5, 5.41) is 0.866. The van der Waals surface area contributed by atoms with E-state index in [2.05, 4.69) is 62.0 Å². The Morgan fingerprint density at radius 2 is 1.88 bits per heavy atom. The van der Waals surface area contributed by atoms with Gasteiger partial charge in [-0.15, -0.1) is 0 Å². The van der Waals surface area contributed by atoms with E-state index < -0.39 is 14.0 Å². The van der Waals surface area contributed by atoms with E-state index in [1.165, 1.54) is 22.9 Å². The standard InChI is InChI=1S/C25H36N2O3SSi/c1-7-20-22(28)26-24(29)27-23(20)31-21-11-9-8-10-19(21)15-17-12-13-18(14-17)16-30-32(5,6)25(2,3)4/h8-12,18H,7,13-16H2,1-6H3,(H2,26,27,28,29). The number of aromatic amines is 2. The molecule has 3 rings (SSSR count). The van der Waals surface area contributed by atoms with Crippen LogP contribution in [0.4, 0.5) is 0 Å². The number of aromatic nitrogens is 2. The van der Waals surface area contributed by atoms with Gasteiger partial charge in [0.05, 0.1) is 5.03 Å². The van der Waals surface area contributed by atoms with E-state index in [0.29, 0.717) is 22.9 Å². The van der Waals surface area contributed by atoms with Crippen LogP contribution in [0.25, 0.3) is 0 Å². The van der Waals surface area contributed by atoms with Crippen molar-refractivity contribution in [2.45, 2.75) is 81.4 Å². The predicted molar refractivity (Wildman–Crippen MR) is 135 cm³/mol. The molecule has 174 valence electrons. The number of hydrogen-bond donors (Lipinski definition) is 2. The number of hydrogen-bond acceptors (Lipinski definition) is 4. The Morgan fingerprint density at radius 1 is 1.16 bits per heavy atom. The van der Waals surface area contributed by atoms with Gasteiger partial charge in [-0.3, -0.25) is 9.78 Å². The van der Waals surface area contributed by atoms with Gasteiger partial charge in [0.15, 0.2) is 8.32 Å². The van der Waals surface area contributed by atoms with E-state index in [1.54, 1.807) is 0 Å². The van der Waals surface area contributed by atoms with Crippen molar-refractivity contribution in [1.82, 2.24) is 9.97 Å². The van der Waals surface area contributed by atoms with Crippen LogP contribution >= 0.6 is 11.8 Å². The van der Waals surface area contributed by atoms with Crippen molar-refractivity contribution >= 4 is 20.1 Å². The Hall–Kier alpha value is -1.83. The highest BCUT2D eigenvalue weighted by Gasteiger charge is 2.37. The monoisotopic (exact) mass is 472 g/mol. The van der Waals surface area contributed by atoms with Gasteiger partial charge in [0, 0.05) is 17.1 Å². The number of H-pyrrole nitrogens is 2. The van der Waals surface area contributed by atoms with Crippen LogP contribution < -0.4 is 11.2 Å². The molecule has 1 atom stereocenters. The normalized spacial score (nSPS) is 16.9. The van der Waals surface area contributed by atoms with Crippen LogP contribution in [-0.2, 0) is 17.3 Å². The predicted octanol–water partition coefficient (Wildman–Crippen LogP) is 5.68. The maximum absolute atomic E-state index is 12.2. The van der Waals surface area contributed by atoms with Gasteiger partial charge in [0.2, 0.25) is 0 Å². The van der Waals surface area contributed by atoms with Crippen LogP contribution in [0.5, 0.6) is 0 Å². The van der Waals surface area contributed by atoms with Crippen LogP contribution in [0.2, 0.25) is 18.1 Å². The molecule has 0 fully saturated rings. The molecule has 0 saturated heterocycles. The zero-order valence-corrected chi connectivity index (χ0v) is 21.9. The molecule has 5 nitrogen and oxygen atoms in total. The fourth-order valence-electron chi connectivity index (χ4n) is 3.69. The zero-order chi connectivity index (χ0) is 23.5. The molecule has 0 spiro atoms. The summed E-state index contributed by atoms with van der Waals surface area (Å²) in [6.07, 6.45) is 5.95. The van der Waals surface area contributed by atoms with E-state index in [-0.39, 0.29) is 10.6 Å². The third-order valence-corrected chi connectivity index (χ3v) is 12.4. The minimum atomic E-state index is -1.72. The highest BCUT2D eigenvalue weighted by molar-refractivity contribution is 7.99. The lowest BCUT2D eigenvalue weighted by atomic mass is 10.0. The van der Waals surface area contributed by atoms with Gasteiger partial charge >= 0.3 is 5.69 Å². The van der Waals surface area contributed by atoms with Crippen LogP contribution in [0.15, 0.2) is 55.4 Å². The van der Waals surface area contributed by atoms with E-state index in [0.717, 1.165) is 30.8 Å². The topological polar surface area (TPSA) is 75.0 Å². The van der Waals surface area contributed by atoms with Crippen molar-refractivity contribution in [1.29, 1.82) is 0 Å². The van der Waals surface area contributed by atoms with Gasteiger partial charge in [-0.1, -0.05) is 69.3 Å². The van der Waals surface area contributed by atoms with Gasteiger partial charge in [-0.05, 0) is 61.4 Å². The van der Waals surface area contributed by atoms with Crippen molar-refractivity contribution in [2.24, 2.45) is 5.92 Å². The Kier molecular flexibility index (Phi) is 7.73. The average molecular weight is 473 g/mol. The van der Waals surface area contributed by atoms with Gasteiger partial charge in [-0.25, -0.2) is 4.79 Å². The summed E-state index contributed by atoms with van der Waals surface area (Å²) in [6, 6.07) is 8.25. The molecule has 0 aliphatic heterocycles. The molecule has 0 radical (unpaired) electrons. The van der Waals surface area contributed by atoms with Crippen molar-refractivity contribution in [3.8, 4) is 0 Å². The highest BCUT2D eigenvalue weighted by Crippen LogP contribution is 2.38. The summed E-state index contributed by atoms with van der Waals surface area (Å²) in [4.78, 5) is 30.2. The largest absolute Gasteiger partial charge is 0.417 e. The molecule has 1 aromatic heterocycles. The van der Waals surface area contributed by atoms with E-state index in [1.807, 2.05) is 19.1 Å². The van der Waals surface area contributed by atoms with E-state index in [4.69, 9.17) is 4.43 Å². The van der Waals surface area contributed by atoms with Gasteiger partial charge in [0.25, 0.3) is 5.56 Å². The molecule has 1 aliphatic carbocycles. The smallest absolute Gasteiger partial charge is 0.326 e. The van der Waals surface area contributed by atoms with E-state index in [9.17, 15) is 9.59 Å². The molecule has 32 heavy (non-hydrogen) atoms. The molecule has 0 amide bonds. The summed E-state index contributed by atoms with van der Waals surface area (Å²) >= 11 is 1.47. The first-order chi connectivity index (χ1) is 15.0. The first kappa shape index (κ1) is 24.8. The fraction of sp³-hybridized carbons (Fsp3) is 0.520. The highest BCUT2D eigenvalue weighted by atomic mass is 32.2. The lowest BCUT2D eigenvalue weighted by Crippen LogP contribution is -2.41. The van der Waals surface area contributed by atoms with Crippen LogP contribution in [-0.4, -0.2) is 24.9 Å². The summed E-state index contributed by atoms with van der Waals surface area (Å²) in [5.74, 6) is 0.551. The second-order valence-electron chi connectivity index (χ2n) is 10.2. The third-order valence-electron chi connectivity index (χ3n) is 6.73. The minimum absolute atomic E-state index is 0.232. The van der Waals surface area contributed by atoms with Gasteiger partial charge < -0.3 is 9.41 Å². The summed E-state index contributed by atoms with van der Waals surface area (Å²) in [5.41, 5.74) is 2.51. The molecule has 1 aromatic carbocycles. The number of nitrogens with one attached hydrogen (secondary N) is 2. The Labute approximate surface area is 196 Å². The lowest BCUT2D eigenvalue weighted by Gasteiger charge is -2.37. The van der Waals surface area contributed by atoms with E-state index >= 15 is 0 Å². The molecule has 1 heterocycles. The van der Waals surface area contributed by atoms with Gasteiger partial charge in [-0.2, -0.15) is 0 Å². The number of benzene rings is 1. The van der Waals surface area contributed by atoms with Crippen LogP contribution in [0, 0.1) is 5.92 Å². The molecule has 7 heteroatoms. The van der Waals surface area contributed by atoms with Crippen molar-refractivity contribution in [2.75, 3.05) is 6.61 Å². The molecule has 2 N–H and O–H groups in total. The molecule has 1 aliphatic rings. The summed E-state index contributed by atoms with van der Waals surface area (Å²) in [6.45, 7) is 14.2. The molecular weight excluding hydrogens is 436 g/mol. The molecule has 0 bridgehead atoms. The average Bonchev–Trinajstić information content (AvgIpc) is 3.14. The first-order valence-electron chi connectivity index (χ1n) is 11.4. The second kappa shape index (κ2) is 9.97. The second-order valence-corrected chi connectivity index (χ2v) is 16.1. The van der Waals surface area contributed by atoms with Crippen molar-refractivity contribution in [3.05, 3.63) is 67.9 Å². The molecule has 1 unspecified atom stereocenters. The molecule has 2 aromatic rings. The van der Waals surface area contributed by atoms with Gasteiger partial charge in [0.1, 0.15) is 0 Å². The first-order valence-corrected chi connectivity index (χ1v) is 15.2. The Morgan fingerprint density at radius 3 is 2.56 bits per heavy atom. The quantitative estimate of drug-likeness (QED) is 0.294. The maximum atomic E-state index is 12.2. The number of allylic oxidation sites excluding steroid dienone is 2. The van der Waals surface area contributed by atoms with Crippen LogP contribution in [0.3, 0.4) is 0 Å². The number of rotatable bonds is 8. The summed E-state index contributed by atoms with van der Waals surface area (Å²) in [7, 11) is -1.72. The fourth-order valence-corrected chi connectivity index (χ4v) is 5.92. The SMILES string of the molecule is CCc1c(Sc2ccccc2CC2=CCC(CO[Si](C)(C)C(C)(C)C)C2)[nH]c(=O)[nH]c1=O. The lowest BCUT2D eigenvalue weighted by molar-refractivity contribution is 0.233. The zero-order valence-electron chi connectivity index (χ0n) is 20.1. The Balaban J connectivity index is 1.68. The summed E-state index contributed by atoms with van der Waals surface area (Å²) < 4.78 is 6.46. The van der Waals surface area contributed by atoms with Crippen LogP contribution in [0.1, 0.15) is 51.7 Å². The van der Waals surface area contributed by atoms with Crippen molar-refractivity contribution < 1.29 is 4.43 Å². The third kappa shape index (κ3) is 5.94. The Bertz CT molecular complexity index is 1100. The molecule has 0 saturated carbocycles. The van der Waals surface area contributed by atoms with Crippen molar-refractivity contribution in [3.63, 3.8) is 0 Å². The maximum Gasteiger partial charge on any atom is 0.326 e. The molecular formula is C25H36N2O3SSi.